The molecule has 0 spiro atoms. The number of ether oxygens (including phenoxy) is 1. The molecule has 38 heavy (non-hydrogen) atoms. The highest BCUT2D eigenvalue weighted by Crippen LogP contribution is 2.20. The number of carbonyl (C=O) groups is 2. The van der Waals surface area contributed by atoms with Gasteiger partial charge in [-0.3, -0.25) is 9.80 Å². The number of hydrogen-bond acceptors (Lipinski definition) is 8. The molecule has 0 radical (unpaired) electrons. The molecule has 1 atom stereocenters. The number of fused-ring (bicyclic) bond motifs is 1. The van der Waals surface area contributed by atoms with Gasteiger partial charge < -0.3 is 19.5 Å². The lowest BCUT2D eigenvalue weighted by Crippen LogP contribution is -2.42. The lowest BCUT2D eigenvalue weighted by Gasteiger charge is -2.31. The summed E-state index contributed by atoms with van der Waals surface area (Å²) in [5.74, 6) is -3.73. The molecule has 0 bridgehead atoms. The molecule has 4 rings (SSSR count). The van der Waals surface area contributed by atoms with E-state index in [0.717, 1.165) is 64.0 Å². The Hall–Kier alpha value is -2.76. The van der Waals surface area contributed by atoms with Gasteiger partial charge in [-0.05, 0) is 6.92 Å². The average molecular weight is 576 g/mol. The van der Waals surface area contributed by atoms with Gasteiger partial charge in [0.05, 0.1) is 30.5 Å². The van der Waals surface area contributed by atoms with E-state index in [-0.39, 0.29) is 0 Å². The van der Waals surface area contributed by atoms with Gasteiger partial charge in [0.1, 0.15) is 5.82 Å². The molecule has 1 unspecified atom stereocenters. The number of halogens is 6. The molecule has 1 fully saturated rings. The highest BCUT2D eigenvalue weighted by molar-refractivity contribution is 7.09. The van der Waals surface area contributed by atoms with Crippen LogP contribution in [-0.4, -0.2) is 98.2 Å². The molecule has 0 aromatic carbocycles. The molecule has 2 N–H and O–H groups in total. The van der Waals surface area contributed by atoms with Crippen molar-refractivity contribution in [2.24, 2.45) is 5.92 Å². The summed E-state index contributed by atoms with van der Waals surface area (Å²) in [6.45, 7) is 11.0. The first-order valence-corrected chi connectivity index (χ1v) is 12.1. The summed E-state index contributed by atoms with van der Waals surface area (Å²) in [5.41, 5.74) is 1.18. The summed E-state index contributed by atoms with van der Waals surface area (Å²) in [4.78, 5) is 32.0. The molecule has 214 valence electrons. The fraction of sp³-hybridized carbons (Fsp3) is 0.619. The van der Waals surface area contributed by atoms with Crippen molar-refractivity contribution in [3.8, 4) is 0 Å². The van der Waals surface area contributed by atoms with Crippen molar-refractivity contribution in [3.05, 3.63) is 34.3 Å². The van der Waals surface area contributed by atoms with Crippen LogP contribution >= 0.6 is 11.3 Å². The molecule has 10 nitrogen and oxygen atoms in total. The van der Waals surface area contributed by atoms with Gasteiger partial charge in [0.25, 0.3) is 0 Å². The van der Waals surface area contributed by atoms with Crippen LogP contribution in [0.4, 0.5) is 26.3 Å². The lowest BCUT2D eigenvalue weighted by molar-refractivity contribution is -0.193. The van der Waals surface area contributed by atoms with Gasteiger partial charge in [0, 0.05) is 63.0 Å². The van der Waals surface area contributed by atoms with Crippen LogP contribution in [0.5, 0.6) is 0 Å². The predicted octanol–water partition coefficient (Wildman–Crippen LogP) is 2.88. The predicted molar refractivity (Wildman–Crippen MR) is 121 cm³/mol. The normalized spacial score (nSPS) is 18.8. The third-order valence-corrected chi connectivity index (χ3v) is 6.12. The Bertz CT molecular complexity index is 1010. The van der Waals surface area contributed by atoms with Gasteiger partial charge in [0.2, 0.25) is 0 Å². The third kappa shape index (κ3) is 10.9. The van der Waals surface area contributed by atoms with E-state index >= 15 is 0 Å². The number of aryl methyl sites for hydroxylation is 1. The van der Waals surface area contributed by atoms with E-state index in [9.17, 15) is 26.3 Å². The second-order valence-corrected chi connectivity index (χ2v) is 9.47. The van der Waals surface area contributed by atoms with E-state index in [4.69, 9.17) is 24.5 Å². The van der Waals surface area contributed by atoms with Crippen LogP contribution in [-0.2, 0) is 34.0 Å². The number of aromatic nitrogens is 3. The fourth-order valence-electron chi connectivity index (χ4n) is 3.72. The Morgan fingerprint density at radius 3 is 2.13 bits per heavy atom. The summed E-state index contributed by atoms with van der Waals surface area (Å²) in [5, 5.41) is 17.6. The largest absolute Gasteiger partial charge is 0.490 e. The summed E-state index contributed by atoms with van der Waals surface area (Å²) in [7, 11) is 0. The van der Waals surface area contributed by atoms with E-state index in [2.05, 4.69) is 42.8 Å². The summed E-state index contributed by atoms with van der Waals surface area (Å²) in [6, 6.07) is 0. The van der Waals surface area contributed by atoms with Crippen LogP contribution in [0.3, 0.4) is 0 Å². The number of nitrogens with zero attached hydrogens (tertiary/aromatic N) is 5. The summed E-state index contributed by atoms with van der Waals surface area (Å²) in [6.07, 6.45) is -6.12. The minimum absolute atomic E-state index is 0.610. The van der Waals surface area contributed by atoms with Gasteiger partial charge in [-0.15, -0.1) is 11.3 Å². The number of rotatable bonds is 4. The summed E-state index contributed by atoms with van der Waals surface area (Å²) < 4.78 is 71.3. The maximum absolute atomic E-state index is 10.6. The molecule has 0 saturated carbocycles. The molecule has 2 aliphatic rings. The average Bonchev–Trinajstić information content (AvgIpc) is 3.38. The number of carboxylic acid groups (broad SMARTS) is 2. The van der Waals surface area contributed by atoms with Crippen molar-refractivity contribution in [2.45, 2.75) is 38.9 Å². The molecule has 17 heteroatoms. The van der Waals surface area contributed by atoms with Gasteiger partial charge >= 0.3 is 24.3 Å². The quantitative estimate of drug-likeness (QED) is 0.531. The van der Waals surface area contributed by atoms with Crippen LogP contribution in [0.2, 0.25) is 0 Å². The van der Waals surface area contributed by atoms with Crippen LogP contribution in [0.15, 0.2) is 17.8 Å². The lowest BCUT2D eigenvalue weighted by atomic mass is 10.1. The molecule has 4 heterocycles. The minimum atomic E-state index is -5.08. The van der Waals surface area contributed by atoms with Crippen LogP contribution in [0.1, 0.15) is 16.5 Å². The molecule has 0 amide bonds. The number of imidazole rings is 1. The topological polar surface area (TPSA) is 121 Å². The zero-order valence-corrected chi connectivity index (χ0v) is 21.0. The van der Waals surface area contributed by atoms with Crippen molar-refractivity contribution in [2.75, 3.05) is 39.4 Å². The number of thiazole rings is 1. The zero-order chi connectivity index (χ0) is 28.5. The van der Waals surface area contributed by atoms with E-state index in [0.29, 0.717) is 5.92 Å². The van der Waals surface area contributed by atoms with E-state index in [1.54, 1.807) is 11.3 Å². The van der Waals surface area contributed by atoms with Gasteiger partial charge in [-0.2, -0.15) is 26.3 Å². The van der Waals surface area contributed by atoms with Crippen LogP contribution < -0.4 is 0 Å². The number of aliphatic carboxylic acids is 2. The molecule has 2 aromatic rings. The maximum Gasteiger partial charge on any atom is 0.490 e. The Balaban J connectivity index is 0.000000301. The van der Waals surface area contributed by atoms with Crippen molar-refractivity contribution in [1.82, 2.24) is 24.3 Å². The van der Waals surface area contributed by atoms with Crippen LogP contribution in [0, 0.1) is 12.8 Å². The van der Waals surface area contributed by atoms with E-state index in [1.807, 2.05) is 6.20 Å². The van der Waals surface area contributed by atoms with Gasteiger partial charge in [0.15, 0.2) is 0 Å². The number of carboxylic acids is 2. The smallest absolute Gasteiger partial charge is 0.475 e. The molecule has 2 aliphatic heterocycles. The van der Waals surface area contributed by atoms with E-state index in [1.165, 1.54) is 11.5 Å². The Labute approximate surface area is 217 Å². The molecular weight excluding hydrogens is 548 g/mol. The second kappa shape index (κ2) is 13.9. The van der Waals surface area contributed by atoms with E-state index < -0.39 is 24.3 Å². The first-order chi connectivity index (χ1) is 17.6. The highest BCUT2D eigenvalue weighted by Gasteiger charge is 2.38. The van der Waals surface area contributed by atoms with Crippen molar-refractivity contribution < 1.29 is 50.9 Å². The molecule has 1 saturated heterocycles. The Morgan fingerprint density at radius 2 is 1.63 bits per heavy atom. The summed E-state index contributed by atoms with van der Waals surface area (Å²) >= 11 is 1.73. The monoisotopic (exact) mass is 575 g/mol. The zero-order valence-electron chi connectivity index (χ0n) is 20.2. The first-order valence-electron chi connectivity index (χ1n) is 11.2. The first kappa shape index (κ1) is 31.5. The SMILES string of the molecule is Cc1nc(CN2Cc3nccn3CC(CN3CCOCC3)C2)cs1.O=C(O)C(F)(F)F.O=C(O)C(F)(F)F. The van der Waals surface area contributed by atoms with Crippen molar-refractivity contribution in [3.63, 3.8) is 0 Å². The number of alkyl halides is 6. The number of morpholine rings is 1. The van der Waals surface area contributed by atoms with Crippen LogP contribution in [0.25, 0.3) is 0 Å². The molecular formula is C21H27F6N5O5S. The van der Waals surface area contributed by atoms with Gasteiger partial charge in [-0.1, -0.05) is 0 Å². The third-order valence-electron chi connectivity index (χ3n) is 5.30. The number of hydrogen-bond donors (Lipinski definition) is 2. The molecule has 0 aliphatic carbocycles. The molecule has 2 aromatic heterocycles. The maximum atomic E-state index is 10.6. The van der Waals surface area contributed by atoms with Crippen molar-refractivity contribution in [1.29, 1.82) is 0 Å². The highest BCUT2D eigenvalue weighted by atomic mass is 32.1. The second-order valence-electron chi connectivity index (χ2n) is 8.41. The Kier molecular flexibility index (Phi) is 11.5. The van der Waals surface area contributed by atoms with Gasteiger partial charge in [-0.25, -0.2) is 19.6 Å². The minimum Gasteiger partial charge on any atom is -0.475 e. The van der Waals surface area contributed by atoms with Crippen molar-refractivity contribution >= 4 is 23.3 Å². The Morgan fingerprint density at radius 1 is 1.05 bits per heavy atom. The fourth-order valence-corrected chi connectivity index (χ4v) is 4.32. The standard InChI is InChI=1S/C17H25N5OS.2C2HF3O2/c1-14-19-16(13-24-14)11-21-9-15(8-20-4-6-23-7-5-20)10-22-3-2-18-17(22)12-21;2*3-2(4,5)1(6)7/h2-3,13,15H,4-12H2,1H3;2*(H,6,7).